The number of halogens is 12. The molecule has 0 saturated carbocycles. The van der Waals surface area contributed by atoms with Crippen LogP contribution in [0.2, 0.25) is 0 Å². The van der Waals surface area contributed by atoms with Gasteiger partial charge in [-0.05, 0) is 47.5 Å². The fraction of sp³-hybridized carbons (Fsp3) is 0.172. The van der Waals surface area contributed by atoms with Crippen molar-refractivity contribution >= 4 is 22.7 Å². The van der Waals surface area contributed by atoms with Gasteiger partial charge in [0.1, 0.15) is 34.1 Å². The first-order chi connectivity index (χ1) is 21.5. The Bertz CT molecular complexity index is 1630. The summed E-state index contributed by atoms with van der Waals surface area (Å²) in [5, 5.41) is 0. The quantitative estimate of drug-likeness (QED) is 0.119. The minimum absolute atomic E-state index is 0.348. The predicted octanol–water partition coefficient (Wildman–Crippen LogP) is 9.05. The fourth-order valence-corrected chi connectivity index (χ4v) is 4.62. The van der Waals surface area contributed by atoms with Crippen LogP contribution in [0.25, 0.3) is 0 Å². The summed E-state index contributed by atoms with van der Waals surface area (Å²) >= 11 is 0. The van der Waals surface area contributed by atoms with E-state index in [4.69, 9.17) is 32.4 Å². The highest BCUT2D eigenvalue weighted by Crippen LogP contribution is 2.57. The lowest BCUT2D eigenvalue weighted by Gasteiger charge is -2.38. The molecule has 0 heterocycles. The Morgan fingerprint density at radius 1 is 0.404 bits per heavy atom. The third-order valence-corrected chi connectivity index (χ3v) is 6.86. The maximum absolute atomic E-state index is 14.6. The summed E-state index contributed by atoms with van der Waals surface area (Å²) in [5.74, 6) is -3.04. The molecule has 47 heavy (non-hydrogen) atoms. The highest BCUT2D eigenvalue weighted by Gasteiger charge is 2.72. The van der Waals surface area contributed by atoms with Gasteiger partial charge in [-0.1, -0.05) is 24.3 Å². The molecule has 6 nitrogen and oxygen atoms in total. The Morgan fingerprint density at radius 3 is 0.936 bits per heavy atom. The van der Waals surface area contributed by atoms with Crippen LogP contribution in [-0.2, 0) is 17.8 Å². The maximum Gasteiger partial charge on any atom is 0.420 e. The van der Waals surface area contributed by atoms with E-state index in [0.717, 1.165) is 0 Å². The highest BCUT2D eigenvalue weighted by molar-refractivity contribution is 5.69. The van der Waals surface area contributed by atoms with Crippen molar-refractivity contribution in [1.29, 1.82) is 0 Å². The number of benzene rings is 4. The summed E-state index contributed by atoms with van der Waals surface area (Å²) in [5.41, 5.74) is 9.85. The lowest BCUT2D eigenvalue weighted by atomic mass is 9.73. The van der Waals surface area contributed by atoms with Gasteiger partial charge in [0.25, 0.3) is 0 Å². The van der Waals surface area contributed by atoms with Gasteiger partial charge in [0.15, 0.2) is 0 Å². The van der Waals surface area contributed by atoms with E-state index in [-0.39, 0.29) is 11.4 Å². The van der Waals surface area contributed by atoms with Crippen LogP contribution in [0.15, 0.2) is 72.8 Å². The van der Waals surface area contributed by atoms with Gasteiger partial charge in [0.05, 0.1) is 22.7 Å². The lowest BCUT2D eigenvalue weighted by Crippen LogP contribution is -2.54. The van der Waals surface area contributed by atoms with Crippen molar-refractivity contribution in [3.63, 3.8) is 0 Å². The largest absolute Gasteiger partial charge is 0.457 e. The molecule has 252 valence electrons. The van der Waals surface area contributed by atoms with E-state index in [1.807, 2.05) is 0 Å². The van der Waals surface area contributed by atoms with Crippen LogP contribution in [0, 0.1) is 0 Å². The first-order valence-electron chi connectivity index (χ1n) is 12.7. The molecule has 0 radical (unpaired) electrons. The normalized spacial score (nSPS) is 13.0. The zero-order valence-electron chi connectivity index (χ0n) is 23.1. The van der Waals surface area contributed by atoms with Crippen LogP contribution < -0.4 is 32.4 Å². The number of ether oxygens (including phenoxy) is 2. The molecule has 8 N–H and O–H groups in total. The van der Waals surface area contributed by atoms with Gasteiger partial charge in [-0.15, -0.1) is 0 Å². The second-order valence-corrected chi connectivity index (χ2v) is 9.95. The fourth-order valence-electron chi connectivity index (χ4n) is 4.62. The molecule has 0 aliphatic heterocycles. The van der Waals surface area contributed by atoms with E-state index >= 15 is 0 Å². The molecule has 0 atom stereocenters. The third kappa shape index (κ3) is 6.57. The molecule has 0 aliphatic rings. The first-order valence-corrected chi connectivity index (χ1v) is 12.7. The second kappa shape index (κ2) is 11.6. The van der Waals surface area contributed by atoms with E-state index in [2.05, 4.69) is 0 Å². The molecule has 4 aromatic carbocycles. The van der Waals surface area contributed by atoms with E-state index in [1.54, 1.807) is 0 Å². The van der Waals surface area contributed by atoms with E-state index < -0.39 is 86.7 Å². The molecule has 18 heteroatoms. The molecule has 0 amide bonds. The molecule has 0 bridgehead atoms. The Balaban J connectivity index is 1.77. The van der Waals surface area contributed by atoms with Gasteiger partial charge < -0.3 is 32.4 Å². The molecule has 0 spiro atoms. The molecule has 4 aromatic rings. The molecule has 0 aliphatic carbocycles. The summed E-state index contributed by atoms with van der Waals surface area (Å²) in [6, 6.07) is 5.96. The summed E-state index contributed by atoms with van der Waals surface area (Å²) in [6.45, 7) is 0. The van der Waals surface area contributed by atoms with Crippen molar-refractivity contribution in [3.05, 3.63) is 95.1 Å². The van der Waals surface area contributed by atoms with Crippen LogP contribution in [0.1, 0.15) is 22.3 Å². The van der Waals surface area contributed by atoms with Gasteiger partial charge in [0, 0.05) is 12.1 Å². The average Bonchev–Trinajstić information content (AvgIpc) is 2.92. The Hall–Kier alpha value is -5.16. The molecule has 0 fully saturated rings. The van der Waals surface area contributed by atoms with E-state index in [1.165, 1.54) is 0 Å². The van der Waals surface area contributed by atoms with Crippen LogP contribution in [0.5, 0.6) is 23.0 Å². The number of nitrogens with two attached hydrogens (primary N) is 4. The highest BCUT2D eigenvalue weighted by atomic mass is 19.4. The van der Waals surface area contributed by atoms with Crippen molar-refractivity contribution < 1.29 is 62.2 Å². The monoisotopic (exact) mass is 684 g/mol. The van der Waals surface area contributed by atoms with Gasteiger partial charge in [0.2, 0.25) is 5.41 Å². The van der Waals surface area contributed by atoms with Crippen LogP contribution >= 0.6 is 0 Å². The minimum atomic E-state index is -6.08. The van der Waals surface area contributed by atoms with Gasteiger partial charge >= 0.3 is 24.7 Å². The number of hydrogen-bond donors (Lipinski definition) is 4. The topological polar surface area (TPSA) is 123 Å². The minimum Gasteiger partial charge on any atom is -0.457 e. The average molecular weight is 684 g/mol. The maximum atomic E-state index is 14.6. The van der Waals surface area contributed by atoms with Gasteiger partial charge in [-0.3, -0.25) is 0 Å². The van der Waals surface area contributed by atoms with Crippen molar-refractivity contribution in [3.8, 4) is 23.0 Å². The summed E-state index contributed by atoms with van der Waals surface area (Å²) in [4.78, 5) is 0. The Kier molecular flexibility index (Phi) is 8.55. The Labute approximate surface area is 256 Å². The van der Waals surface area contributed by atoms with Gasteiger partial charge in [-0.25, -0.2) is 0 Å². The predicted molar refractivity (Wildman–Crippen MR) is 146 cm³/mol. The smallest absolute Gasteiger partial charge is 0.420 e. The zero-order valence-corrected chi connectivity index (χ0v) is 23.1. The number of alkyl halides is 12. The van der Waals surface area contributed by atoms with Crippen molar-refractivity contribution in [1.82, 2.24) is 0 Å². The second-order valence-electron chi connectivity index (χ2n) is 9.95. The van der Waals surface area contributed by atoms with Crippen LogP contribution in [0.4, 0.5) is 75.4 Å². The summed E-state index contributed by atoms with van der Waals surface area (Å²) < 4.78 is 179. The standard InChI is InChI=1S/C29H20F12N4O2/c30-26(31,32)17-9-19(42)21(44)11-23(17)46-15-5-1-13(2-6-15)25(28(36,37)38,29(39,40)41)14-3-7-16(8-4-14)47-24-12-22(45)20(43)10-18(24)27(33,34)35/h1-12H,42-45H2. The van der Waals surface area contributed by atoms with Crippen molar-refractivity contribution in [2.45, 2.75) is 30.1 Å². The lowest BCUT2D eigenvalue weighted by molar-refractivity contribution is -0.288. The number of rotatable bonds is 6. The van der Waals surface area contributed by atoms with Crippen LogP contribution in [0.3, 0.4) is 0 Å². The summed E-state index contributed by atoms with van der Waals surface area (Å²) in [6.07, 6.45) is -22.2. The SMILES string of the molecule is Nc1cc(Oc2ccc(C(c3ccc(Oc4cc(N)c(N)cc4C(F)(F)F)cc3)(C(F)(F)F)C(F)(F)F)cc2)c(C(F)(F)F)cc1N. The van der Waals surface area contributed by atoms with Gasteiger partial charge in [-0.2, -0.15) is 52.7 Å². The molecule has 0 unspecified atom stereocenters. The molecular formula is C29H20F12N4O2. The van der Waals surface area contributed by atoms with Crippen LogP contribution in [-0.4, -0.2) is 12.4 Å². The Morgan fingerprint density at radius 2 is 0.681 bits per heavy atom. The van der Waals surface area contributed by atoms with E-state index in [0.29, 0.717) is 72.8 Å². The first kappa shape index (κ1) is 34.7. The zero-order chi connectivity index (χ0) is 35.3. The molecule has 0 aromatic heterocycles. The van der Waals surface area contributed by atoms with E-state index in [9.17, 15) is 52.7 Å². The third-order valence-electron chi connectivity index (χ3n) is 6.86. The van der Waals surface area contributed by atoms with Crippen molar-refractivity contribution in [2.24, 2.45) is 0 Å². The summed E-state index contributed by atoms with van der Waals surface area (Å²) in [7, 11) is 0. The molecular weight excluding hydrogens is 664 g/mol. The molecule has 0 saturated heterocycles. The number of anilines is 4. The van der Waals surface area contributed by atoms with Crippen molar-refractivity contribution in [2.75, 3.05) is 22.9 Å². The molecule has 4 rings (SSSR count). The number of nitrogen functional groups attached to an aromatic ring is 4. The number of hydrogen-bond acceptors (Lipinski definition) is 6.